The fourth-order valence-electron chi connectivity index (χ4n) is 1.74. The summed E-state index contributed by atoms with van der Waals surface area (Å²) in [7, 11) is 0. The molecule has 0 bridgehead atoms. The van der Waals surface area contributed by atoms with Crippen molar-refractivity contribution in [1.29, 1.82) is 0 Å². The van der Waals surface area contributed by atoms with E-state index >= 15 is 0 Å². The third-order valence-corrected chi connectivity index (χ3v) is 4.53. The Balaban J connectivity index is 2.20. The summed E-state index contributed by atoms with van der Waals surface area (Å²) < 4.78 is 0.982. The molecular formula is C14H16BrClN2S. The molecule has 2 rings (SSSR count). The second kappa shape index (κ2) is 6.84. The number of rotatable bonds is 5. The Morgan fingerprint density at radius 3 is 2.95 bits per heavy atom. The summed E-state index contributed by atoms with van der Waals surface area (Å²) in [5.74, 6) is 0. The van der Waals surface area contributed by atoms with E-state index in [0.717, 1.165) is 38.7 Å². The smallest absolute Gasteiger partial charge is 0.125 e. The Morgan fingerprint density at radius 1 is 1.47 bits per heavy atom. The summed E-state index contributed by atoms with van der Waals surface area (Å²) in [5, 5.41) is 7.24. The average Bonchev–Trinajstić information content (AvgIpc) is 2.85. The molecule has 1 N–H and O–H groups in total. The van der Waals surface area contributed by atoms with Crippen LogP contribution in [-0.2, 0) is 0 Å². The molecule has 5 heteroatoms. The molecule has 0 saturated carbocycles. The molecule has 0 amide bonds. The maximum absolute atomic E-state index is 6.26. The first-order valence-electron chi connectivity index (χ1n) is 6.26. The molecule has 0 aliphatic carbocycles. The topological polar surface area (TPSA) is 24.9 Å². The minimum Gasteiger partial charge on any atom is -0.309 e. The van der Waals surface area contributed by atoms with Gasteiger partial charge in [0, 0.05) is 21.5 Å². The molecule has 2 nitrogen and oxygen atoms in total. The minimum atomic E-state index is 0.277. The van der Waals surface area contributed by atoms with E-state index in [-0.39, 0.29) is 6.04 Å². The maximum atomic E-state index is 6.26. The molecule has 0 aliphatic heterocycles. The lowest BCUT2D eigenvalue weighted by molar-refractivity contribution is 0.561. The second-order valence-corrected chi connectivity index (χ2v) is 6.56. The van der Waals surface area contributed by atoms with E-state index in [9.17, 15) is 0 Å². The van der Waals surface area contributed by atoms with Crippen molar-refractivity contribution in [1.82, 2.24) is 10.3 Å². The number of nitrogens with one attached hydrogen (secondary N) is 1. The summed E-state index contributed by atoms with van der Waals surface area (Å²) in [6.07, 6.45) is 1.12. The molecule has 1 heterocycles. The van der Waals surface area contributed by atoms with E-state index in [1.165, 1.54) is 0 Å². The lowest BCUT2D eigenvalue weighted by Gasteiger charge is -2.09. The summed E-state index contributed by atoms with van der Waals surface area (Å²) in [6.45, 7) is 5.30. The van der Waals surface area contributed by atoms with Gasteiger partial charge in [0.1, 0.15) is 5.01 Å². The van der Waals surface area contributed by atoms with Crippen LogP contribution in [0.25, 0.3) is 10.6 Å². The lowest BCUT2D eigenvalue weighted by atomic mass is 10.2. The zero-order valence-corrected chi connectivity index (χ0v) is 14.1. The molecule has 0 aliphatic rings. The highest BCUT2D eigenvalue weighted by molar-refractivity contribution is 9.10. The van der Waals surface area contributed by atoms with Crippen LogP contribution < -0.4 is 5.32 Å². The van der Waals surface area contributed by atoms with E-state index < -0.39 is 0 Å². The van der Waals surface area contributed by atoms with Gasteiger partial charge in [0.25, 0.3) is 0 Å². The molecule has 0 saturated heterocycles. The molecule has 0 radical (unpaired) electrons. The third kappa shape index (κ3) is 3.78. The number of benzene rings is 1. The summed E-state index contributed by atoms with van der Waals surface area (Å²) in [5.41, 5.74) is 2.07. The third-order valence-electron chi connectivity index (χ3n) is 2.83. The largest absolute Gasteiger partial charge is 0.309 e. The predicted octanol–water partition coefficient (Wildman–Crippen LogP) is 5.29. The first-order valence-corrected chi connectivity index (χ1v) is 8.31. The highest BCUT2D eigenvalue weighted by Gasteiger charge is 2.12. The van der Waals surface area contributed by atoms with Crippen LogP contribution >= 0.6 is 38.9 Å². The summed E-state index contributed by atoms with van der Waals surface area (Å²) >= 11 is 11.3. The Morgan fingerprint density at radius 2 is 2.26 bits per heavy atom. The summed E-state index contributed by atoms with van der Waals surface area (Å²) in [6, 6.07) is 6.16. The van der Waals surface area contributed by atoms with E-state index in [2.05, 4.69) is 45.5 Å². The van der Waals surface area contributed by atoms with E-state index in [0.29, 0.717) is 0 Å². The van der Waals surface area contributed by atoms with Crippen molar-refractivity contribution in [3.05, 3.63) is 38.8 Å². The van der Waals surface area contributed by atoms with E-state index in [1.807, 2.05) is 18.2 Å². The van der Waals surface area contributed by atoms with Crippen LogP contribution in [-0.4, -0.2) is 11.5 Å². The Hall–Kier alpha value is -0.420. The van der Waals surface area contributed by atoms with Gasteiger partial charge in [0.15, 0.2) is 0 Å². The van der Waals surface area contributed by atoms with Crippen LogP contribution in [0.15, 0.2) is 28.1 Å². The molecule has 1 aromatic carbocycles. The van der Waals surface area contributed by atoms with Gasteiger partial charge in [-0.25, -0.2) is 4.98 Å². The molecule has 1 atom stereocenters. The second-order valence-electron chi connectivity index (χ2n) is 4.38. The average molecular weight is 360 g/mol. The molecule has 0 fully saturated rings. The number of halogens is 2. The zero-order chi connectivity index (χ0) is 13.8. The van der Waals surface area contributed by atoms with Gasteiger partial charge in [-0.2, -0.15) is 0 Å². The highest BCUT2D eigenvalue weighted by Crippen LogP contribution is 2.33. The predicted molar refractivity (Wildman–Crippen MR) is 87.0 cm³/mol. The van der Waals surface area contributed by atoms with Crippen LogP contribution in [0.1, 0.15) is 32.0 Å². The van der Waals surface area contributed by atoms with Crippen molar-refractivity contribution in [2.45, 2.75) is 26.3 Å². The molecule has 0 spiro atoms. The van der Waals surface area contributed by atoms with Gasteiger partial charge in [-0.1, -0.05) is 34.5 Å². The van der Waals surface area contributed by atoms with Crippen molar-refractivity contribution >= 4 is 38.9 Å². The van der Waals surface area contributed by atoms with Crippen molar-refractivity contribution in [2.75, 3.05) is 6.54 Å². The number of hydrogen-bond acceptors (Lipinski definition) is 3. The van der Waals surface area contributed by atoms with Crippen LogP contribution in [0.3, 0.4) is 0 Å². The summed E-state index contributed by atoms with van der Waals surface area (Å²) in [4.78, 5) is 4.68. The monoisotopic (exact) mass is 358 g/mol. The van der Waals surface area contributed by atoms with Crippen LogP contribution in [0.5, 0.6) is 0 Å². The van der Waals surface area contributed by atoms with Crippen molar-refractivity contribution in [3.63, 3.8) is 0 Å². The van der Waals surface area contributed by atoms with Crippen molar-refractivity contribution in [2.24, 2.45) is 0 Å². The quantitative estimate of drug-likeness (QED) is 0.785. The number of thiazole rings is 1. The molecular weight excluding hydrogens is 344 g/mol. The fourth-order valence-corrected chi connectivity index (χ4v) is 3.51. The number of aromatic nitrogens is 1. The molecule has 19 heavy (non-hydrogen) atoms. The Kier molecular flexibility index (Phi) is 5.39. The lowest BCUT2D eigenvalue weighted by Crippen LogP contribution is -2.19. The Bertz CT molecular complexity index is 556. The van der Waals surface area contributed by atoms with Gasteiger partial charge in [0.05, 0.1) is 10.7 Å². The van der Waals surface area contributed by atoms with Crippen LogP contribution in [0.2, 0.25) is 5.02 Å². The number of nitrogens with zero attached hydrogens (tertiary/aromatic N) is 1. The van der Waals surface area contributed by atoms with Gasteiger partial charge in [0.2, 0.25) is 0 Å². The van der Waals surface area contributed by atoms with E-state index in [1.54, 1.807) is 11.3 Å². The van der Waals surface area contributed by atoms with Gasteiger partial charge in [-0.15, -0.1) is 11.3 Å². The van der Waals surface area contributed by atoms with Gasteiger partial charge in [-0.05, 0) is 38.1 Å². The van der Waals surface area contributed by atoms with Crippen molar-refractivity contribution < 1.29 is 0 Å². The molecule has 2 aromatic rings. The fraction of sp³-hybridized carbons (Fsp3) is 0.357. The van der Waals surface area contributed by atoms with Crippen LogP contribution in [0, 0.1) is 0 Å². The molecule has 1 aromatic heterocycles. The Labute approximate surface area is 131 Å². The minimum absolute atomic E-state index is 0.277. The normalized spacial score (nSPS) is 12.6. The van der Waals surface area contributed by atoms with Crippen molar-refractivity contribution in [3.8, 4) is 10.6 Å². The standard InChI is InChI=1S/C14H16BrClN2S/c1-3-6-17-9(2)13-8-19-14(18-13)11-5-4-10(15)7-12(11)16/h4-5,7-9,17H,3,6H2,1-2H3. The first-order chi connectivity index (χ1) is 9.11. The zero-order valence-electron chi connectivity index (χ0n) is 10.9. The number of hydrogen-bond donors (Lipinski definition) is 1. The SMILES string of the molecule is CCCNC(C)c1csc(-c2ccc(Br)cc2Cl)n1. The van der Waals surface area contributed by atoms with Gasteiger partial charge in [-0.3, -0.25) is 0 Å². The van der Waals surface area contributed by atoms with Gasteiger partial charge >= 0.3 is 0 Å². The van der Waals surface area contributed by atoms with E-state index in [4.69, 9.17) is 11.6 Å². The molecule has 1 unspecified atom stereocenters. The van der Waals surface area contributed by atoms with Crippen LogP contribution in [0.4, 0.5) is 0 Å². The highest BCUT2D eigenvalue weighted by atomic mass is 79.9. The van der Waals surface area contributed by atoms with Gasteiger partial charge < -0.3 is 5.32 Å². The maximum Gasteiger partial charge on any atom is 0.125 e. The molecule has 102 valence electrons. The first kappa shape index (κ1) is 15.0.